The molecule has 3 fully saturated rings. The van der Waals surface area contributed by atoms with Crippen LogP contribution in [0.15, 0.2) is 24.3 Å². The number of hydrogen-bond acceptors (Lipinski definition) is 5. The van der Waals surface area contributed by atoms with Crippen LogP contribution in [-0.4, -0.2) is 60.1 Å². The molecule has 2 saturated heterocycles. The highest BCUT2D eigenvalue weighted by Gasteiger charge is 2.48. The van der Waals surface area contributed by atoms with Crippen LogP contribution in [0.3, 0.4) is 0 Å². The molecule has 1 aromatic heterocycles. The Morgan fingerprint density at radius 3 is 2.73 bits per heavy atom. The molecule has 2 unspecified atom stereocenters. The van der Waals surface area contributed by atoms with E-state index in [1.54, 1.807) is 12.1 Å². The molecule has 33 heavy (non-hydrogen) atoms. The number of rotatable bonds is 6. The Balaban J connectivity index is 0.000000174. The third-order valence-corrected chi connectivity index (χ3v) is 6.81. The lowest BCUT2D eigenvalue weighted by Gasteiger charge is -2.15. The molecule has 0 radical (unpaired) electrons. The van der Waals surface area contributed by atoms with E-state index in [2.05, 4.69) is 21.7 Å². The Kier molecular flexibility index (Phi) is 6.45. The summed E-state index contributed by atoms with van der Waals surface area (Å²) in [5.41, 5.74) is 2.55. The molecule has 1 aromatic carbocycles. The third kappa shape index (κ3) is 5.06. The van der Waals surface area contributed by atoms with Gasteiger partial charge in [0, 0.05) is 36.5 Å². The number of fused-ring (bicyclic) bond motifs is 1. The van der Waals surface area contributed by atoms with Gasteiger partial charge in [-0.3, -0.25) is 14.4 Å². The normalized spacial score (nSPS) is 21.0. The fourth-order valence-corrected chi connectivity index (χ4v) is 4.60. The lowest BCUT2D eigenvalue weighted by atomic mass is 9.99. The topological polar surface area (TPSA) is 135 Å². The molecule has 1 saturated carbocycles. The van der Waals surface area contributed by atoms with Crippen molar-refractivity contribution in [3.05, 3.63) is 35.5 Å². The van der Waals surface area contributed by atoms with Crippen LogP contribution in [0.5, 0.6) is 0 Å². The number of likely N-dealkylation sites (tertiary alicyclic amines) is 1. The highest BCUT2D eigenvalue weighted by molar-refractivity contribution is 5.98. The van der Waals surface area contributed by atoms with E-state index in [1.165, 1.54) is 12.8 Å². The van der Waals surface area contributed by atoms with Crippen LogP contribution in [0.1, 0.15) is 48.2 Å². The second-order valence-corrected chi connectivity index (χ2v) is 9.11. The molecule has 2 aromatic rings. The second kappa shape index (κ2) is 9.45. The highest BCUT2D eigenvalue weighted by Crippen LogP contribution is 2.52. The molecule has 3 N–H and O–H groups in total. The second-order valence-electron chi connectivity index (χ2n) is 9.11. The molecule has 3 aliphatic rings. The van der Waals surface area contributed by atoms with Gasteiger partial charge in [0.05, 0.1) is 17.7 Å². The van der Waals surface area contributed by atoms with Crippen LogP contribution in [0.25, 0.3) is 10.9 Å². The lowest BCUT2D eigenvalue weighted by Crippen LogP contribution is -2.33. The van der Waals surface area contributed by atoms with Crippen LogP contribution < -0.4 is 10.6 Å². The molecule has 2 aliphatic heterocycles. The first-order chi connectivity index (χ1) is 16.0. The van der Waals surface area contributed by atoms with Gasteiger partial charge in [-0.15, -0.1) is 0 Å². The van der Waals surface area contributed by atoms with Gasteiger partial charge in [-0.2, -0.15) is 5.26 Å². The van der Waals surface area contributed by atoms with Gasteiger partial charge in [0.25, 0.3) is 5.91 Å². The zero-order chi connectivity index (χ0) is 23.4. The summed E-state index contributed by atoms with van der Waals surface area (Å²) in [6.07, 6.45) is 5.96. The van der Waals surface area contributed by atoms with Crippen LogP contribution in [-0.2, 0) is 14.4 Å². The van der Waals surface area contributed by atoms with Crippen molar-refractivity contribution in [1.29, 1.82) is 5.26 Å². The predicted molar refractivity (Wildman–Crippen MR) is 120 cm³/mol. The van der Waals surface area contributed by atoms with Gasteiger partial charge in [0.1, 0.15) is 12.0 Å². The number of benzene rings is 1. The number of aldehydes is 1. The molecular weight excluding hydrogens is 422 g/mol. The molecule has 3 amide bonds. The van der Waals surface area contributed by atoms with Crippen molar-refractivity contribution in [2.75, 3.05) is 19.6 Å². The van der Waals surface area contributed by atoms with Gasteiger partial charge in [0.2, 0.25) is 12.3 Å². The van der Waals surface area contributed by atoms with Crippen molar-refractivity contribution in [3.8, 4) is 6.07 Å². The van der Waals surface area contributed by atoms with Gasteiger partial charge in [-0.25, -0.2) is 0 Å². The van der Waals surface area contributed by atoms with Gasteiger partial charge < -0.3 is 25.3 Å². The summed E-state index contributed by atoms with van der Waals surface area (Å²) in [4.78, 5) is 49.2. The van der Waals surface area contributed by atoms with Crippen molar-refractivity contribution in [3.63, 3.8) is 0 Å². The first kappa shape index (κ1) is 22.5. The Bertz CT molecular complexity index is 1110. The Morgan fingerprint density at radius 1 is 1.30 bits per heavy atom. The van der Waals surface area contributed by atoms with E-state index in [0.717, 1.165) is 36.8 Å². The number of carbonyl (C=O) groups excluding carboxylic acids is 4. The van der Waals surface area contributed by atoms with Gasteiger partial charge in [-0.05, 0) is 55.7 Å². The van der Waals surface area contributed by atoms with E-state index in [1.807, 2.05) is 17.0 Å². The smallest absolute Gasteiger partial charge is 0.270 e. The number of nitrogens with one attached hydrogen (secondary N) is 3. The van der Waals surface area contributed by atoms with Crippen LogP contribution in [0.4, 0.5) is 0 Å². The van der Waals surface area contributed by atoms with E-state index in [9.17, 15) is 19.2 Å². The molecule has 3 heterocycles. The summed E-state index contributed by atoms with van der Waals surface area (Å²) in [6, 6.07) is 8.92. The van der Waals surface area contributed by atoms with E-state index in [-0.39, 0.29) is 17.7 Å². The zero-order valence-electron chi connectivity index (χ0n) is 18.3. The largest absolute Gasteiger partial charge is 0.356 e. The Hall–Kier alpha value is -3.67. The monoisotopic (exact) mass is 449 g/mol. The minimum Gasteiger partial charge on any atom is -0.356 e. The van der Waals surface area contributed by atoms with Crippen molar-refractivity contribution >= 4 is 35.4 Å². The summed E-state index contributed by atoms with van der Waals surface area (Å²) in [5.74, 6) is -0.0781. The number of carbonyl (C=O) groups is 4. The molecule has 172 valence electrons. The Labute approximate surface area is 191 Å². The fourth-order valence-electron chi connectivity index (χ4n) is 4.60. The molecule has 5 rings (SSSR count). The minimum absolute atomic E-state index is 0.0282. The molecule has 0 bridgehead atoms. The molecule has 2 atom stereocenters. The molecule has 9 heteroatoms. The van der Waals surface area contributed by atoms with Gasteiger partial charge in [0.15, 0.2) is 0 Å². The van der Waals surface area contributed by atoms with Crippen LogP contribution in [0.2, 0.25) is 0 Å². The van der Waals surface area contributed by atoms with Crippen molar-refractivity contribution in [2.24, 2.45) is 11.3 Å². The average molecular weight is 450 g/mol. The maximum Gasteiger partial charge on any atom is 0.270 e. The van der Waals surface area contributed by atoms with Gasteiger partial charge in [-0.1, -0.05) is 6.07 Å². The SMILES string of the molecule is N#Cc1ccc2cc(C(=O)N3CCC4(CC4)C3)[nH]c2c1.O=CNC(C=O)CC1CCNC1=O. The van der Waals surface area contributed by atoms with Gasteiger partial charge >= 0.3 is 0 Å². The standard InChI is InChI=1S/C16H15N3O.C8H12N2O3/c17-9-11-1-2-12-8-14(18-13(12)7-11)15(20)19-6-5-16(10-19)3-4-16;11-4-7(10-5-12)3-6-1-2-9-8(6)13/h1-2,7-8,18H,3-6,10H2;4-7H,1-3H2,(H,9,13)(H,10,12). The lowest BCUT2D eigenvalue weighted by molar-refractivity contribution is -0.123. The maximum atomic E-state index is 12.5. The first-order valence-electron chi connectivity index (χ1n) is 11.2. The quantitative estimate of drug-likeness (QED) is 0.574. The van der Waals surface area contributed by atoms with Crippen LogP contribution in [0, 0.1) is 22.7 Å². The Morgan fingerprint density at radius 2 is 2.12 bits per heavy atom. The number of aromatic nitrogens is 1. The maximum absolute atomic E-state index is 12.5. The fraction of sp³-hybridized carbons (Fsp3) is 0.458. The number of amides is 3. The summed E-state index contributed by atoms with van der Waals surface area (Å²) < 4.78 is 0. The van der Waals surface area contributed by atoms with Crippen molar-refractivity contribution < 1.29 is 19.2 Å². The summed E-state index contributed by atoms with van der Waals surface area (Å²) in [5, 5.41) is 14.9. The predicted octanol–water partition coefficient (Wildman–Crippen LogP) is 1.49. The van der Waals surface area contributed by atoms with E-state index < -0.39 is 6.04 Å². The number of nitriles is 1. The number of hydrogen-bond donors (Lipinski definition) is 3. The number of nitrogens with zero attached hydrogens (tertiary/aromatic N) is 2. The molecule has 1 aliphatic carbocycles. The highest BCUT2D eigenvalue weighted by atomic mass is 16.2. The molecule has 1 spiro atoms. The molecular formula is C24H27N5O4. The number of aromatic amines is 1. The zero-order valence-corrected chi connectivity index (χ0v) is 18.3. The first-order valence-corrected chi connectivity index (χ1v) is 11.2. The van der Waals surface area contributed by atoms with E-state index in [0.29, 0.717) is 42.3 Å². The minimum atomic E-state index is -0.536. The summed E-state index contributed by atoms with van der Waals surface area (Å²) in [6.45, 7) is 2.44. The molecule has 9 nitrogen and oxygen atoms in total. The van der Waals surface area contributed by atoms with Crippen LogP contribution >= 0.6 is 0 Å². The third-order valence-electron chi connectivity index (χ3n) is 6.81. The average Bonchev–Trinajstić information content (AvgIpc) is 3.14. The number of H-pyrrole nitrogens is 1. The van der Waals surface area contributed by atoms with Crippen molar-refractivity contribution in [2.45, 2.75) is 38.1 Å². The van der Waals surface area contributed by atoms with E-state index in [4.69, 9.17) is 5.26 Å². The van der Waals surface area contributed by atoms with Crippen molar-refractivity contribution in [1.82, 2.24) is 20.5 Å². The summed E-state index contributed by atoms with van der Waals surface area (Å²) >= 11 is 0. The van der Waals surface area contributed by atoms with E-state index >= 15 is 0 Å². The summed E-state index contributed by atoms with van der Waals surface area (Å²) in [7, 11) is 0.